The SMILES string of the molecule is C=C(C#N)C(=O)N[C@H]1CCC[C@H](Nc2ncnc(N)c2-c2ccc(Oc3ccccc3)cc2)C1. The topological polar surface area (TPSA) is 126 Å². The Kier molecular flexibility index (Phi) is 7.04. The molecule has 1 saturated carbocycles. The van der Waals surface area contributed by atoms with Crippen LogP contribution >= 0.6 is 0 Å². The molecule has 0 aliphatic heterocycles. The number of nitrogen functional groups attached to an aromatic ring is 1. The third-order valence-corrected chi connectivity index (χ3v) is 5.76. The van der Waals surface area contributed by atoms with E-state index in [1.54, 1.807) is 6.07 Å². The maximum atomic E-state index is 12.0. The Bertz CT molecular complexity index is 1200. The lowest BCUT2D eigenvalue weighted by Crippen LogP contribution is -2.42. The highest BCUT2D eigenvalue weighted by atomic mass is 16.5. The van der Waals surface area contributed by atoms with Crippen molar-refractivity contribution < 1.29 is 9.53 Å². The van der Waals surface area contributed by atoms with Gasteiger partial charge in [0.1, 0.15) is 41.1 Å². The molecule has 0 radical (unpaired) electrons. The lowest BCUT2D eigenvalue weighted by Gasteiger charge is -2.31. The summed E-state index contributed by atoms with van der Waals surface area (Å²) in [5, 5.41) is 15.3. The van der Waals surface area contributed by atoms with E-state index in [1.165, 1.54) is 6.33 Å². The van der Waals surface area contributed by atoms with Crippen molar-refractivity contribution in [3.05, 3.63) is 73.1 Å². The summed E-state index contributed by atoms with van der Waals surface area (Å²) in [6, 6.07) is 19.0. The molecule has 4 N–H and O–H groups in total. The quantitative estimate of drug-likeness (QED) is 0.356. The van der Waals surface area contributed by atoms with Gasteiger partial charge in [-0.2, -0.15) is 5.26 Å². The molecule has 8 heteroatoms. The van der Waals surface area contributed by atoms with Gasteiger partial charge in [-0.3, -0.25) is 4.79 Å². The van der Waals surface area contributed by atoms with Gasteiger partial charge in [0.25, 0.3) is 5.91 Å². The first-order chi connectivity index (χ1) is 16.5. The largest absolute Gasteiger partial charge is 0.457 e. The van der Waals surface area contributed by atoms with E-state index in [1.807, 2.05) is 54.6 Å². The first-order valence-electron chi connectivity index (χ1n) is 11.1. The number of hydrogen-bond acceptors (Lipinski definition) is 7. The van der Waals surface area contributed by atoms with Gasteiger partial charge in [0.15, 0.2) is 0 Å². The van der Waals surface area contributed by atoms with Gasteiger partial charge >= 0.3 is 0 Å². The van der Waals surface area contributed by atoms with Gasteiger partial charge in [-0.1, -0.05) is 36.9 Å². The summed E-state index contributed by atoms with van der Waals surface area (Å²) in [6.07, 6.45) is 4.86. The molecule has 1 amide bonds. The van der Waals surface area contributed by atoms with Gasteiger partial charge < -0.3 is 21.1 Å². The van der Waals surface area contributed by atoms with Crippen molar-refractivity contribution in [2.75, 3.05) is 11.1 Å². The van der Waals surface area contributed by atoms with Gasteiger partial charge in [-0.15, -0.1) is 0 Å². The van der Waals surface area contributed by atoms with Crippen molar-refractivity contribution in [1.29, 1.82) is 5.26 Å². The van der Waals surface area contributed by atoms with Gasteiger partial charge in [-0.05, 0) is 55.5 Å². The normalized spacial score (nSPS) is 17.3. The molecule has 1 fully saturated rings. The molecule has 8 nitrogen and oxygen atoms in total. The minimum absolute atomic E-state index is 0.0408. The number of rotatable bonds is 7. The van der Waals surface area contributed by atoms with Gasteiger partial charge in [0, 0.05) is 12.1 Å². The van der Waals surface area contributed by atoms with Crippen LogP contribution in [0.2, 0.25) is 0 Å². The molecule has 0 bridgehead atoms. The molecule has 34 heavy (non-hydrogen) atoms. The van der Waals surface area contributed by atoms with E-state index in [0.29, 0.717) is 23.8 Å². The number of aromatic nitrogens is 2. The summed E-state index contributed by atoms with van der Waals surface area (Å²) in [6.45, 7) is 3.48. The summed E-state index contributed by atoms with van der Waals surface area (Å²) in [4.78, 5) is 20.7. The molecule has 0 saturated heterocycles. The molecule has 2 aromatic carbocycles. The number of benzene rings is 2. The highest BCUT2D eigenvalue weighted by molar-refractivity contribution is 5.96. The molecule has 1 aromatic heterocycles. The summed E-state index contributed by atoms with van der Waals surface area (Å²) < 4.78 is 5.88. The van der Waals surface area contributed by atoms with Crippen LogP contribution in [0.3, 0.4) is 0 Å². The summed E-state index contributed by atoms with van der Waals surface area (Å²) >= 11 is 0. The highest BCUT2D eigenvalue weighted by Crippen LogP contribution is 2.34. The Morgan fingerprint density at radius 1 is 1.06 bits per heavy atom. The average Bonchev–Trinajstić information content (AvgIpc) is 2.85. The lowest BCUT2D eigenvalue weighted by molar-refractivity contribution is -0.118. The molecule has 0 spiro atoms. The smallest absolute Gasteiger partial charge is 0.261 e. The number of nitriles is 1. The van der Waals surface area contributed by atoms with Crippen LogP contribution in [0.1, 0.15) is 25.7 Å². The maximum absolute atomic E-state index is 12.0. The Morgan fingerprint density at radius 3 is 2.50 bits per heavy atom. The van der Waals surface area contributed by atoms with Crippen LogP contribution in [0.5, 0.6) is 11.5 Å². The Labute approximate surface area is 198 Å². The predicted molar refractivity (Wildman–Crippen MR) is 131 cm³/mol. The minimum Gasteiger partial charge on any atom is -0.457 e. The number of anilines is 2. The van der Waals surface area contributed by atoms with E-state index in [2.05, 4.69) is 27.2 Å². The fraction of sp³-hybridized carbons (Fsp3) is 0.231. The van der Waals surface area contributed by atoms with E-state index in [0.717, 1.165) is 36.1 Å². The molecular formula is C26H26N6O2. The van der Waals surface area contributed by atoms with E-state index < -0.39 is 5.91 Å². The fourth-order valence-corrected chi connectivity index (χ4v) is 4.08. The van der Waals surface area contributed by atoms with Crippen LogP contribution in [0.4, 0.5) is 11.6 Å². The standard InChI is InChI=1S/C26H26N6O2/c1-17(15-27)26(33)32-20-7-5-6-19(14-20)31-25-23(24(28)29-16-30-25)18-10-12-22(13-11-18)34-21-8-3-2-4-9-21/h2-4,8-13,16,19-20H,1,5-7,14H2,(H,32,33)(H3,28,29,30,31)/t19-,20-/m0/s1. The van der Waals surface area contributed by atoms with Crippen molar-refractivity contribution >= 4 is 17.5 Å². The lowest BCUT2D eigenvalue weighted by atomic mass is 9.90. The third kappa shape index (κ3) is 5.51. The predicted octanol–water partition coefficient (Wildman–Crippen LogP) is 4.44. The number of para-hydroxylation sites is 1. The molecular weight excluding hydrogens is 428 g/mol. The van der Waals surface area contributed by atoms with Crippen LogP contribution in [0, 0.1) is 11.3 Å². The fourth-order valence-electron chi connectivity index (χ4n) is 4.08. The van der Waals surface area contributed by atoms with Gasteiger partial charge in [-0.25, -0.2) is 9.97 Å². The van der Waals surface area contributed by atoms with E-state index >= 15 is 0 Å². The molecule has 172 valence electrons. The first kappa shape index (κ1) is 22.8. The Balaban J connectivity index is 1.48. The molecule has 1 aliphatic carbocycles. The summed E-state index contributed by atoms with van der Waals surface area (Å²) in [7, 11) is 0. The molecule has 1 heterocycles. The number of nitrogens with two attached hydrogens (primary N) is 1. The van der Waals surface area contributed by atoms with Crippen LogP contribution in [-0.4, -0.2) is 28.0 Å². The van der Waals surface area contributed by atoms with Crippen LogP contribution in [0.15, 0.2) is 73.1 Å². The van der Waals surface area contributed by atoms with Crippen LogP contribution < -0.4 is 21.1 Å². The maximum Gasteiger partial charge on any atom is 0.261 e. The zero-order valence-electron chi connectivity index (χ0n) is 18.7. The van der Waals surface area contributed by atoms with Crippen molar-refractivity contribution in [2.45, 2.75) is 37.8 Å². The third-order valence-electron chi connectivity index (χ3n) is 5.76. The number of carbonyl (C=O) groups is 1. The number of carbonyl (C=O) groups excluding carboxylic acids is 1. The Morgan fingerprint density at radius 2 is 1.76 bits per heavy atom. The Hall–Kier alpha value is -4.38. The van der Waals surface area contributed by atoms with Crippen LogP contribution in [-0.2, 0) is 4.79 Å². The average molecular weight is 455 g/mol. The monoisotopic (exact) mass is 454 g/mol. The molecule has 3 aromatic rings. The first-order valence-corrected chi connectivity index (χ1v) is 11.1. The second-order valence-electron chi connectivity index (χ2n) is 8.19. The highest BCUT2D eigenvalue weighted by Gasteiger charge is 2.25. The van der Waals surface area contributed by atoms with E-state index in [9.17, 15) is 4.79 Å². The number of hydrogen-bond donors (Lipinski definition) is 3. The zero-order valence-corrected chi connectivity index (χ0v) is 18.7. The number of nitrogens with one attached hydrogen (secondary N) is 2. The number of ether oxygens (including phenoxy) is 1. The van der Waals surface area contributed by atoms with E-state index in [4.69, 9.17) is 15.7 Å². The summed E-state index contributed by atoms with van der Waals surface area (Å²) in [5.41, 5.74) is 7.75. The van der Waals surface area contributed by atoms with Crippen LogP contribution in [0.25, 0.3) is 11.1 Å². The van der Waals surface area contributed by atoms with Crippen molar-refractivity contribution in [3.8, 4) is 28.7 Å². The van der Waals surface area contributed by atoms with E-state index in [-0.39, 0.29) is 17.7 Å². The van der Waals surface area contributed by atoms with Crippen molar-refractivity contribution in [3.63, 3.8) is 0 Å². The van der Waals surface area contributed by atoms with Crippen molar-refractivity contribution in [1.82, 2.24) is 15.3 Å². The molecule has 4 rings (SSSR count). The number of nitrogens with zero attached hydrogens (tertiary/aromatic N) is 3. The minimum atomic E-state index is -0.419. The van der Waals surface area contributed by atoms with Crippen molar-refractivity contribution in [2.24, 2.45) is 0 Å². The molecule has 2 atom stereocenters. The second-order valence-corrected chi connectivity index (χ2v) is 8.19. The van der Waals surface area contributed by atoms with Gasteiger partial charge in [0.2, 0.25) is 0 Å². The second kappa shape index (κ2) is 10.5. The molecule has 0 unspecified atom stereocenters. The molecule has 1 aliphatic rings. The summed E-state index contributed by atoms with van der Waals surface area (Å²) in [5.74, 6) is 2.07. The van der Waals surface area contributed by atoms with Gasteiger partial charge in [0.05, 0.1) is 5.56 Å². The number of amides is 1. The zero-order chi connectivity index (χ0) is 23.9.